The van der Waals surface area contributed by atoms with Crippen molar-refractivity contribution in [3.05, 3.63) is 435 Å². The fourth-order valence-corrected chi connectivity index (χ4v) is 17.9. The van der Waals surface area contributed by atoms with Crippen LogP contribution in [0.2, 0.25) is 0 Å². The van der Waals surface area contributed by atoms with Gasteiger partial charge in [-0.2, -0.15) is 0 Å². The summed E-state index contributed by atoms with van der Waals surface area (Å²) in [5.41, 5.74) is 29.0. The number of alkyl halides is 1. The molecular formula is C117H105BrN6O16. The number of ether oxygens (including phenoxy) is 6. The first-order valence-corrected chi connectivity index (χ1v) is 47.4. The van der Waals surface area contributed by atoms with Crippen LogP contribution in [-0.4, -0.2) is 102 Å². The van der Waals surface area contributed by atoms with Gasteiger partial charge in [0, 0.05) is 93.7 Å². The number of aryl methyl sites for hydroxylation is 2. The number of halogens is 1. The molecular weight excluding hydrogens is 1830 g/mol. The number of aliphatic carboxylic acids is 1. The van der Waals surface area contributed by atoms with E-state index in [0.717, 1.165) is 121 Å². The Labute approximate surface area is 818 Å². The minimum Gasteiger partial charge on any atom is -0.481 e. The van der Waals surface area contributed by atoms with Crippen LogP contribution >= 0.6 is 15.9 Å². The zero-order valence-corrected chi connectivity index (χ0v) is 79.6. The first-order chi connectivity index (χ1) is 68.2. The number of primary amides is 2. The highest BCUT2D eigenvalue weighted by atomic mass is 79.9. The molecule has 5 N–H and O–H groups in total. The number of fused-ring (bicyclic) bond motifs is 8. The molecule has 0 unspecified atom stereocenters. The van der Waals surface area contributed by atoms with E-state index in [9.17, 15) is 48.3 Å². The van der Waals surface area contributed by atoms with Crippen LogP contribution in [0.25, 0.3) is 65.0 Å². The van der Waals surface area contributed by atoms with Crippen LogP contribution < -0.4 is 25.7 Å². The number of aromatic nitrogens is 4. The quantitative estimate of drug-likeness (QED) is 0.0116. The number of hydrogen-bond acceptors (Lipinski definition) is 15. The molecule has 1 aliphatic rings. The second-order valence-electron chi connectivity index (χ2n) is 33.4. The Bertz CT molecular complexity index is 7530. The Kier molecular flexibility index (Phi) is 32.8. The maximum atomic E-state index is 13.3. The summed E-state index contributed by atoms with van der Waals surface area (Å²) in [4.78, 5) is 110. The molecule has 0 saturated carbocycles. The Morgan fingerprint density at radius 1 is 0.336 bits per heavy atom. The fourth-order valence-electron chi connectivity index (χ4n) is 17.7. The first-order valence-electron chi connectivity index (χ1n) is 46.3. The molecule has 22 nitrogen and oxygen atoms in total. The molecule has 0 bridgehead atoms. The summed E-state index contributed by atoms with van der Waals surface area (Å²) in [5, 5.41) is 16.5. The lowest BCUT2D eigenvalue weighted by Gasteiger charge is -2.19. The van der Waals surface area contributed by atoms with Gasteiger partial charge in [0.2, 0.25) is 0 Å². The van der Waals surface area contributed by atoms with E-state index in [0.29, 0.717) is 82.3 Å². The van der Waals surface area contributed by atoms with Crippen LogP contribution in [0, 0.1) is 0 Å². The number of nitrogens with two attached hydrogens (primary N) is 2. The monoisotopic (exact) mass is 1930 g/mol. The lowest BCUT2D eigenvalue weighted by Crippen LogP contribution is -2.24. The number of nitrogens with zero attached hydrogens (tertiary/aromatic N) is 4. The molecule has 0 saturated heterocycles. The number of carbonyl (C=O) groups is 9. The summed E-state index contributed by atoms with van der Waals surface area (Å²) in [7, 11) is 0. The molecule has 4 heterocycles. The molecule has 706 valence electrons. The molecule has 0 aliphatic heterocycles. The lowest BCUT2D eigenvalue weighted by molar-refractivity contribution is -0.148. The van der Waals surface area contributed by atoms with E-state index < -0.39 is 41.9 Å². The van der Waals surface area contributed by atoms with E-state index in [4.69, 9.17) is 39.9 Å². The summed E-state index contributed by atoms with van der Waals surface area (Å²) in [6, 6.07) is 111. The standard InChI is InChI=1S/C32H28N2O5.C30H27NO3.C25H22N2O5.C21H19NO.C9H9BrO2/c1-2-25-28(30(36)32(33)37)29-26(34(25)18-21-11-5-3-6-12-21)17-23-15-9-10-16-24(23)31(29)39-20-27(35)38-19-22-13-7-4-8-14-22;1-2-25-18-27-28(31(25)19-22-11-5-3-6-12-22)17-24-15-9-10-16-26(24)30(27)34-21-29(32)33-20-23-13-7-4-8-14-23;1-2-18-21(23(30)25(26)31)22-19(27(18)13-15-8-4-3-5-9-15)12-16-10-6-7-11-17(16)24(22)32-14-20(28)29;1-2-17-13-19-20(22(17)14-15-8-4-3-5-9-15)12-16-10-6-7-11-18(16)21(19)23;10-6-9(11)12-7-8-4-2-1-3-5-8/h3-17H,2,18-20H2,1H3,(H2,33,37);3-18H,2,19-21H2,1H3;3-12H,2,13-14H2,1H3,(H2,26,31)(H,28,29);3-11,13H,2,12,14H2,1H3;1-5H,6-7H2. The van der Waals surface area contributed by atoms with Crippen LogP contribution in [0.1, 0.15) is 137 Å². The summed E-state index contributed by atoms with van der Waals surface area (Å²) < 4.78 is 42.4. The number of carbonyl (C=O) groups excluding carboxylic acids is 8. The van der Waals surface area contributed by atoms with Gasteiger partial charge in [-0.1, -0.05) is 353 Å². The predicted octanol–water partition coefficient (Wildman–Crippen LogP) is 21.6. The lowest BCUT2D eigenvalue weighted by atomic mass is 9.89. The molecule has 4 aromatic heterocycles. The number of hydrogen-bond donors (Lipinski definition) is 3. The second kappa shape index (κ2) is 46.8. The number of benzene rings is 14. The van der Waals surface area contributed by atoms with Crippen molar-refractivity contribution in [2.24, 2.45) is 11.5 Å². The molecule has 140 heavy (non-hydrogen) atoms. The third kappa shape index (κ3) is 23.2. The van der Waals surface area contributed by atoms with Gasteiger partial charge in [0.15, 0.2) is 25.6 Å². The smallest absolute Gasteiger partial charge is 0.344 e. The number of amides is 2. The third-order valence-electron chi connectivity index (χ3n) is 24.3. The van der Waals surface area contributed by atoms with Gasteiger partial charge in [0.25, 0.3) is 23.4 Å². The van der Waals surface area contributed by atoms with Gasteiger partial charge < -0.3 is 63.3 Å². The van der Waals surface area contributed by atoms with E-state index in [1.165, 1.54) is 22.5 Å². The number of Topliss-reactive ketones (excluding diaryl/α,β-unsaturated/α-hetero) is 2. The molecule has 19 rings (SSSR count). The molecule has 14 aromatic carbocycles. The second-order valence-corrected chi connectivity index (χ2v) is 33.9. The van der Waals surface area contributed by atoms with E-state index in [2.05, 4.69) is 118 Å². The van der Waals surface area contributed by atoms with Crippen molar-refractivity contribution in [1.82, 2.24) is 18.3 Å². The highest BCUT2D eigenvalue weighted by Crippen LogP contribution is 2.45. The van der Waals surface area contributed by atoms with Gasteiger partial charge in [-0.3, -0.25) is 28.8 Å². The third-order valence-corrected chi connectivity index (χ3v) is 24.7. The Morgan fingerprint density at radius 3 is 1.05 bits per heavy atom. The fraction of sp³-hybridized carbons (Fsp3) is 0.171. The van der Waals surface area contributed by atoms with Crippen molar-refractivity contribution in [3.8, 4) is 17.2 Å². The Morgan fingerprint density at radius 2 is 0.664 bits per heavy atom. The average Bonchev–Trinajstić information content (AvgIpc) is 1.53. The van der Waals surface area contributed by atoms with Gasteiger partial charge in [-0.25, -0.2) is 14.4 Å². The highest BCUT2D eigenvalue weighted by Gasteiger charge is 2.33. The van der Waals surface area contributed by atoms with Crippen LogP contribution in [0.3, 0.4) is 0 Å². The minimum absolute atomic E-state index is 0.118. The summed E-state index contributed by atoms with van der Waals surface area (Å²) in [6.07, 6.45) is 3.61. The summed E-state index contributed by atoms with van der Waals surface area (Å²) in [6.45, 7) is 10.3. The van der Waals surface area contributed by atoms with Gasteiger partial charge in [-0.15, -0.1) is 0 Å². The largest absolute Gasteiger partial charge is 0.481 e. The van der Waals surface area contributed by atoms with Crippen molar-refractivity contribution in [2.75, 3.05) is 25.2 Å². The van der Waals surface area contributed by atoms with E-state index >= 15 is 0 Å². The topological polar surface area (TPSA) is 301 Å². The first kappa shape index (κ1) is 98.0. The average molecular weight is 1930 g/mol. The zero-order chi connectivity index (χ0) is 98.1. The molecule has 0 fully saturated rings. The van der Waals surface area contributed by atoms with Crippen molar-refractivity contribution < 1.29 is 76.7 Å². The molecule has 23 heteroatoms. The number of carboxylic acid groups (broad SMARTS) is 1. The van der Waals surface area contributed by atoms with Gasteiger partial charge >= 0.3 is 23.9 Å². The van der Waals surface area contributed by atoms with Crippen molar-refractivity contribution in [2.45, 2.75) is 106 Å². The number of ketones is 3. The molecule has 18 aromatic rings. The Balaban J connectivity index is 0.000000137. The van der Waals surface area contributed by atoms with Gasteiger partial charge in [0.1, 0.15) is 42.4 Å². The molecule has 0 radical (unpaired) electrons. The van der Waals surface area contributed by atoms with E-state index in [-0.39, 0.29) is 66.4 Å². The molecule has 0 spiro atoms. The maximum Gasteiger partial charge on any atom is 0.344 e. The summed E-state index contributed by atoms with van der Waals surface area (Å²) in [5.74, 6) is -4.57. The maximum absolute atomic E-state index is 13.3. The predicted molar refractivity (Wildman–Crippen MR) is 549 cm³/mol. The van der Waals surface area contributed by atoms with Crippen LogP contribution in [0.15, 0.2) is 340 Å². The SMILES string of the molecule is CCc1c(C(=O)C(N)=O)c2c(OCC(=O)O)c3ccccc3cc2n1Cc1ccccc1.CCc1c(C(=O)C(N)=O)c2c(OCC(=O)OCc3ccccc3)c3ccccc3cc2n1Cc1ccccc1.CCc1cc2c(OCC(=O)OCc3ccccc3)c3ccccc3cc2n1Cc1ccccc1.CCc1cc2c(n1Cc1ccccc1)Cc1ccccc1C2=O.O=C(CBr)OCc1ccccc1. The van der Waals surface area contributed by atoms with Gasteiger partial charge in [-0.05, 0) is 117 Å². The molecule has 1 aliphatic carbocycles. The van der Waals surface area contributed by atoms with Crippen LogP contribution in [0.5, 0.6) is 17.2 Å². The van der Waals surface area contributed by atoms with E-state index in [1.54, 1.807) is 12.1 Å². The minimum atomic E-state index is -1.15. The summed E-state index contributed by atoms with van der Waals surface area (Å²) >= 11 is 3.01. The zero-order valence-electron chi connectivity index (χ0n) is 78.0. The molecule has 0 atom stereocenters. The van der Waals surface area contributed by atoms with Crippen LogP contribution in [0.4, 0.5) is 0 Å². The van der Waals surface area contributed by atoms with Gasteiger partial charge in [0.05, 0.1) is 38.4 Å². The van der Waals surface area contributed by atoms with Crippen molar-refractivity contribution in [1.29, 1.82) is 0 Å². The number of rotatable bonds is 32. The highest BCUT2D eigenvalue weighted by molar-refractivity contribution is 9.09. The normalized spacial score (nSPS) is 11.2. The number of esters is 3. The van der Waals surface area contributed by atoms with Crippen molar-refractivity contribution >= 4 is 134 Å². The van der Waals surface area contributed by atoms with E-state index in [1.807, 2.05) is 272 Å². The Hall–Kier alpha value is -16.5. The number of carboxylic acids is 1. The van der Waals surface area contributed by atoms with Crippen LogP contribution in [-0.2, 0) is 121 Å². The van der Waals surface area contributed by atoms with Crippen molar-refractivity contribution in [3.63, 3.8) is 0 Å². The molecule has 2 amide bonds.